The highest BCUT2D eigenvalue weighted by Gasteiger charge is 2.54. The summed E-state index contributed by atoms with van der Waals surface area (Å²) in [6.45, 7) is 13.5. The summed E-state index contributed by atoms with van der Waals surface area (Å²) in [6.07, 6.45) is 3.85. The van der Waals surface area contributed by atoms with Gasteiger partial charge in [0.2, 0.25) is 5.79 Å². The van der Waals surface area contributed by atoms with Crippen LogP contribution in [0.15, 0.2) is 12.2 Å². The van der Waals surface area contributed by atoms with Crippen molar-refractivity contribution in [3.05, 3.63) is 12.2 Å². The van der Waals surface area contributed by atoms with Crippen molar-refractivity contribution in [3.8, 4) is 0 Å². The first-order valence-electron chi connectivity index (χ1n) is 8.80. The number of aliphatic hydroxyl groups is 2. The van der Waals surface area contributed by atoms with E-state index in [1.54, 1.807) is 12.2 Å². The second kappa shape index (κ2) is 6.81. The van der Waals surface area contributed by atoms with Crippen LogP contribution in [0.4, 0.5) is 0 Å². The topological polar surface area (TPSA) is 62.2 Å². The average molecular weight is 327 g/mol. The van der Waals surface area contributed by atoms with Crippen molar-refractivity contribution in [3.63, 3.8) is 0 Å². The third-order valence-electron chi connectivity index (χ3n) is 5.15. The molecule has 1 fully saturated rings. The Balaban J connectivity index is 2.06. The smallest absolute Gasteiger partial charge is 0.215 e. The Hall–Kier alpha value is -0.460. The first kappa shape index (κ1) is 18.9. The molecular formula is C18H33NO4. The maximum atomic E-state index is 10.8. The van der Waals surface area contributed by atoms with Gasteiger partial charge in [0.1, 0.15) is 6.10 Å². The number of likely N-dealkylation sites (N-methyl/N-ethyl adjacent to an activating group) is 1. The van der Waals surface area contributed by atoms with Gasteiger partial charge < -0.3 is 24.6 Å². The molecule has 1 aliphatic heterocycles. The minimum Gasteiger partial charge on any atom is -0.387 e. The first-order chi connectivity index (χ1) is 10.7. The Bertz CT molecular complexity index is 433. The molecule has 4 unspecified atom stereocenters. The van der Waals surface area contributed by atoms with E-state index in [0.717, 1.165) is 26.1 Å². The molecule has 1 saturated heterocycles. The lowest BCUT2D eigenvalue weighted by Gasteiger charge is -2.45. The summed E-state index contributed by atoms with van der Waals surface area (Å²) in [5.41, 5.74) is -1.41. The predicted octanol–water partition coefficient (Wildman–Crippen LogP) is 1.93. The maximum absolute atomic E-state index is 10.8. The van der Waals surface area contributed by atoms with Crippen LogP contribution in [0.3, 0.4) is 0 Å². The number of hydrogen-bond donors (Lipinski definition) is 2. The van der Waals surface area contributed by atoms with Gasteiger partial charge in [0.15, 0.2) is 0 Å². The lowest BCUT2D eigenvalue weighted by atomic mass is 9.69. The zero-order valence-corrected chi connectivity index (χ0v) is 15.2. The van der Waals surface area contributed by atoms with Crippen LogP contribution in [-0.4, -0.2) is 65.0 Å². The Kier molecular flexibility index (Phi) is 5.58. The molecule has 0 radical (unpaired) electrons. The molecule has 2 N–H and O–H groups in total. The average Bonchev–Trinajstić information content (AvgIpc) is 2.86. The number of ether oxygens (including phenoxy) is 2. The third-order valence-corrected chi connectivity index (χ3v) is 5.15. The van der Waals surface area contributed by atoms with Gasteiger partial charge in [0.25, 0.3) is 0 Å². The van der Waals surface area contributed by atoms with Gasteiger partial charge in [0, 0.05) is 13.0 Å². The Morgan fingerprint density at radius 2 is 1.96 bits per heavy atom. The molecule has 0 aromatic carbocycles. The Labute approximate surface area is 140 Å². The van der Waals surface area contributed by atoms with Crippen molar-refractivity contribution in [2.45, 2.75) is 71.1 Å². The molecule has 23 heavy (non-hydrogen) atoms. The summed E-state index contributed by atoms with van der Waals surface area (Å²) in [4.78, 5) is 2.33. The van der Waals surface area contributed by atoms with E-state index >= 15 is 0 Å². The van der Waals surface area contributed by atoms with Gasteiger partial charge >= 0.3 is 0 Å². The second-order valence-electron chi connectivity index (χ2n) is 7.89. The third kappa shape index (κ3) is 3.80. The highest BCUT2D eigenvalue weighted by Crippen LogP contribution is 2.44. The summed E-state index contributed by atoms with van der Waals surface area (Å²) in [5, 5.41) is 21.4. The fourth-order valence-electron chi connectivity index (χ4n) is 3.31. The lowest BCUT2D eigenvalue weighted by Crippen LogP contribution is -2.55. The minimum absolute atomic E-state index is 0.0540. The van der Waals surface area contributed by atoms with Gasteiger partial charge in [-0.15, -0.1) is 0 Å². The number of nitrogens with zero attached hydrogens (tertiary/aromatic N) is 1. The van der Waals surface area contributed by atoms with Crippen LogP contribution in [0.1, 0.15) is 47.5 Å². The maximum Gasteiger partial charge on any atom is 0.215 e. The minimum atomic E-state index is -1.10. The van der Waals surface area contributed by atoms with E-state index in [9.17, 15) is 10.2 Å². The van der Waals surface area contributed by atoms with Crippen molar-refractivity contribution in [1.29, 1.82) is 0 Å². The lowest BCUT2D eigenvalue weighted by molar-refractivity contribution is -0.220. The number of rotatable bonds is 5. The summed E-state index contributed by atoms with van der Waals surface area (Å²) in [6, 6.07) is 0. The van der Waals surface area contributed by atoms with Gasteiger partial charge in [0.05, 0.1) is 18.3 Å². The molecule has 1 aliphatic carbocycles. The van der Waals surface area contributed by atoms with Crippen LogP contribution in [0.5, 0.6) is 0 Å². The van der Waals surface area contributed by atoms with E-state index in [-0.39, 0.29) is 17.9 Å². The van der Waals surface area contributed by atoms with Crippen molar-refractivity contribution < 1.29 is 19.7 Å². The van der Waals surface area contributed by atoms with Crippen LogP contribution >= 0.6 is 0 Å². The van der Waals surface area contributed by atoms with E-state index in [2.05, 4.69) is 18.7 Å². The molecule has 1 heterocycles. The summed E-state index contributed by atoms with van der Waals surface area (Å²) >= 11 is 0. The quantitative estimate of drug-likeness (QED) is 0.756. The predicted molar refractivity (Wildman–Crippen MR) is 90.1 cm³/mol. The van der Waals surface area contributed by atoms with Crippen LogP contribution in [0.2, 0.25) is 0 Å². The summed E-state index contributed by atoms with van der Waals surface area (Å²) in [5.74, 6) is -1.10. The monoisotopic (exact) mass is 327 g/mol. The fourth-order valence-corrected chi connectivity index (χ4v) is 3.31. The van der Waals surface area contributed by atoms with Crippen molar-refractivity contribution in [2.24, 2.45) is 5.41 Å². The molecule has 1 spiro atoms. The van der Waals surface area contributed by atoms with Crippen molar-refractivity contribution in [1.82, 2.24) is 4.90 Å². The normalized spacial score (nSPS) is 37.9. The molecule has 0 saturated carbocycles. The zero-order chi connectivity index (χ0) is 17.3. The molecule has 2 rings (SSSR count). The molecule has 5 heteroatoms. The van der Waals surface area contributed by atoms with Crippen LogP contribution in [0.25, 0.3) is 0 Å². The molecule has 0 bridgehead atoms. The molecule has 0 amide bonds. The van der Waals surface area contributed by atoms with E-state index < -0.39 is 17.5 Å². The van der Waals surface area contributed by atoms with Gasteiger partial charge in [-0.1, -0.05) is 40.7 Å². The van der Waals surface area contributed by atoms with Gasteiger partial charge in [-0.2, -0.15) is 0 Å². The molecular weight excluding hydrogens is 294 g/mol. The van der Waals surface area contributed by atoms with Crippen LogP contribution < -0.4 is 0 Å². The Morgan fingerprint density at radius 1 is 1.26 bits per heavy atom. The highest BCUT2D eigenvalue weighted by molar-refractivity contribution is 5.20. The number of hydrogen-bond acceptors (Lipinski definition) is 5. The standard InChI is InChI=1S/C18H33NO4/c1-6-10-19(7-2)12-14-13-22-18(23-14)9-8-17(21,11-15(18)20)16(3,4)5/h8-9,14-15,20-21H,6-7,10-13H2,1-5H3. The van der Waals surface area contributed by atoms with Crippen molar-refractivity contribution >= 4 is 0 Å². The molecule has 5 nitrogen and oxygen atoms in total. The van der Waals surface area contributed by atoms with Gasteiger partial charge in [-0.25, -0.2) is 0 Å². The fraction of sp³-hybridized carbons (Fsp3) is 0.889. The SMILES string of the molecule is CCCN(CC)CC1COC2(C=CC(O)(C(C)(C)C)CC2O)O1. The highest BCUT2D eigenvalue weighted by atomic mass is 16.8. The molecule has 4 atom stereocenters. The summed E-state index contributed by atoms with van der Waals surface area (Å²) in [7, 11) is 0. The molecule has 134 valence electrons. The van der Waals surface area contributed by atoms with Gasteiger partial charge in [-0.3, -0.25) is 0 Å². The van der Waals surface area contributed by atoms with Crippen LogP contribution in [0, 0.1) is 5.41 Å². The Morgan fingerprint density at radius 3 is 2.48 bits per heavy atom. The molecule has 0 aromatic rings. The molecule has 0 aromatic heterocycles. The van der Waals surface area contributed by atoms with E-state index in [0.29, 0.717) is 6.61 Å². The van der Waals surface area contributed by atoms with E-state index in [1.165, 1.54) is 0 Å². The van der Waals surface area contributed by atoms with Gasteiger partial charge in [-0.05, 0) is 31.0 Å². The molecule has 2 aliphatic rings. The van der Waals surface area contributed by atoms with E-state index in [4.69, 9.17) is 9.47 Å². The second-order valence-corrected chi connectivity index (χ2v) is 7.89. The first-order valence-corrected chi connectivity index (χ1v) is 8.80. The van der Waals surface area contributed by atoms with E-state index in [1.807, 2.05) is 20.8 Å². The van der Waals surface area contributed by atoms with Crippen molar-refractivity contribution in [2.75, 3.05) is 26.2 Å². The zero-order valence-electron chi connectivity index (χ0n) is 15.2. The number of aliphatic hydroxyl groups excluding tert-OH is 1. The summed E-state index contributed by atoms with van der Waals surface area (Å²) < 4.78 is 11.9. The largest absolute Gasteiger partial charge is 0.387 e. The van der Waals surface area contributed by atoms with Crippen LogP contribution in [-0.2, 0) is 9.47 Å².